The van der Waals surface area contributed by atoms with Crippen LogP contribution in [0.15, 0.2) is 5.16 Å². The lowest BCUT2D eigenvalue weighted by Gasteiger charge is -2.27. The first-order chi connectivity index (χ1) is 7.77. The van der Waals surface area contributed by atoms with Gasteiger partial charge < -0.3 is 9.94 Å². The fourth-order valence-electron chi connectivity index (χ4n) is 2.62. The third-order valence-electron chi connectivity index (χ3n) is 3.38. The van der Waals surface area contributed by atoms with E-state index in [0.29, 0.717) is 12.5 Å². The zero-order valence-electron chi connectivity index (χ0n) is 9.39. The molecule has 0 spiro atoms. The van der Waals surface area contributed by atoms with Crippen LogP contribution < -0.4 is 0 Å². The Hall–Kier alpha value is -0.710. The van der Waals surface area contributed by atoms with Gasteiger partial charge in [0.2, 0.25) is 0 Å². The predicted molar refractivity (Wildman–Crippen MR) is 62.9 cm³/mol. The molecule has 0 radical (unpaired) electrons. The van der Waals surface area contributed by atoms with Gasteiger partial charge >= 0.3 is 5.97 Å². The average molecular weight is 243 g/mol. The van der Waals surface area contributed by atoms with Crippen molar-refractivity contribution in [3.8, 4) is 0 Å². The lowest BCUT2D eigenvalue weighted by molar-refractivity contribution is -0.148. The average Bonchev–Trinajstić information content (AvgIpc) is 2.72. The van der Waals surface area contributed by atoms with Crippen LogP contribution in [0.5, 0.6) is 0 Å². The minimum atomic E-state index is -0.0818. The number of thioether (sulfide) groups is 1. The number of carbonyl (C=O) groups is 1. The van der Waals surface area contributed by atoms with Gasteiger partial charge in [0.05, 0.1) is 23.5 Å². The molecule has 1 N–H and O–H groups in total. The van der Waals surface area contributed by atoms with Crippen LogP contribution in [0.1, 0.15) is 26.2 Å². The summed E-state index contributed by atoms with van der Waals surface area (Å²) in [7, 11) is 0. The van der Waals surface area contributed by atoms with Gasteiger partial charge in [0.15, 0.2) is 0 Å². The molecule has 0 aromatic carbocycles. The zero-order chi connectivity index (χ0) is 11.5. The molecule has 1 saturated heterocycles. The quantitative estimate of drug-likeness (QED) is 0.457. The molecule has 1 aliphatic carbocycles. The molecule has 2 aliphatic rings. The molecule has 2 rings (SSSR count). The predicted octanol–water partition coefficient (Wildman–Crippen LogP) is 1.91. The van der Waals surface area contributed by atoms with Gasteiger partial charge in [-0.25, -0.2) is 0 Å². The van der Waals surface area contributed by atoms with Gasteiger partial charge in [-0.2, -0.15) is 11.8 Å². The number of hydrogen-bond donors (Lipinski definition) is 1. The summed E-state index contributed by atoms with van der Waals surface area (Å²) in [4.78, 5) is 11.8. The van der Waals surface area contributed by atoms with E-state index in [9.17, 15) is 4.79 Å². The summed E-state index contributed by atoms with van der Waals surface area (Å²) in [5, 5.41) is 12.5. The van der Waals surface area contributed by atoms with Gasteiger partial charge in [-0.1, -0.05) is 5.16 Å². The molecule has 3 unspecified atom stereocenters. The van der Waals surface area contributed by atoms with Crippen LogP contribution in [-0.4, -0.2) is 34.5 Å². The molecule has 0 amide bonds. The third kappa shape index (κ3) is 2.05. The standard InChI is InChI=1S/C11H17NO3S/c1-2-15-11(13)8-6-16-10-7(8)4-3-5-9(10)12-14/h7-8,10,14H,2-6H2,1H3/b12-9+. The highest BCUT2D eigenvalue weighted by atomic mass is 32.2. The molecule has 3 atom stereocenters. The van der Waals surface area contributed by atoms with Crippen molar-refractivity contribution in [1.82, 2.24) is 0 Å². The summed E-state index contributed by atoms with van der Waals surface area (Å²) in [6.07, 6.45) is 2.91. The maximum atomic E-state index is 11.8. The summed E-state index contributed by atoms with van der Waals surface area (Å²) >= 11 is 1.73. The van der Waals surface area contributed by atoms with Crippen LogP contribution in [0.4, 0.5) is 0 Å². The topological polar surface area (TPSA) is 58.9 Å². The van der Waals surface area contributed by atoms with E-state index in [1.165, 1.54) is 0 Å². The van der Waals surface area contributed by atoms with Crippen LogP contribution >= 0.6 is 11.8 Å². The number of esters is 1. The smallest absolute Gasteiger partial charge is 0.310 e. The second-order valence-electron chi connectivity index (χ2n) is 4.26. The van der Waals surface area contributed by atoms with Crippen LogP contribution in [0.25, 0.3) is 0 Å². The number of nitrogens with zero attached hydrogens (tertiary/aromatic N) is 1. The first-order valence-corrected chi connectivity index (χ1v) is 6.81. The van der Waals surface area contributed by atoms with Crippen molar-refractivity contribution in [2.75, 3.05) is 12.4 Å². The highest BCUT2D eigenvalue weighted by Gasteiger charge is 2.45. The Labute approximate surface area is 99.4 Å². The Morgan fingerprint density at radius 2 is 2.50 bits per heavy atom. The summed E-state index contributed by atoms with van der Waals surface area (Å²) in [5.74, 6) is 1.02. The number of carbonyl (C=O) groups excluding carboxylic acids is 1. The SMILES string of the molecule is CCOC(=O)C1CSC2/C(=N/O)CCCC12. The van der Waals surface area contributed by atoms with Crippen molar-refractivity contribution in [2.45, 2.75) is 31.4 Å². The lowest BCUT2D eigenvalue weighted by Crippen LogP contribution is -2.34. The maximum absolute atomic E-state index is 11.8. The molecule has 90 valence electrons. The van der Waals surface area contributed by atoms with Crippen LogP contribution in [0.3, 0.4) is 0 Å². The molecule has 5 heteroatoms. The van der Waals surface area contributed by atoms with E-state index in [0.717, 1.165) is 30.7 Å². The number of oxime groups is 1. The van der Waals surface area contributed by atoms with E-state index in [1.807, 2.05) is 6.92 Å². The molecule has 0 bridgehead atoms. The van der Waals surface area contributed by atoms with Crippen molar-refractivity contribution in [2.24, 2.45) is 17.0 Å². The second-order valence-corrected chi connectivity index (χ2v) is 5.43. The Morgan fingerprint density at radius 3 is 3.19 bits per heavy atom. The highest BCUT2D eigenvalue weighted by Crippen LogP contribution is 2.44. The molecule has 0 aromatic heterocycles. The molecule has 1 heterocycles. The minimum Gasteiger partial charge on any atom is -0.466 e. The molecular formula is C11H17NO3S. The second kappa shape index (κ2) is 5.08. The maximum Gasteiger partial charge on any atom is 0.310 e. The van der Waals surface area contributed by atoms with Gasteiger partial charge in [-0.15, -0.1) is 0 Å². The first kappa shape index (κ1) is 11.8. The van der Waals surface area contributed by atoms with E-state index < -0.39 is 0 Å². The fourth-order valence-corrected chi connectivity index (χ4v) is 4.35. The van der Waals surface area contributed by atoms with Crippen molar-refractivity contribution in [1.29, 1.82) is 0 Å². The summed E-state index contributed by atoms with van der Waals surface area (Å²) < 4.78 is 5.09. The van der Waals surface area contributed by atoms with Crippen LogP contribution in [-0.2, 0) is 9.53 Å². The van der Waals surface area contributed by atoms with Gasteiger partial charge in [-0.3, -0.25) is 4.79 Å². The summed E-state index contributed by atoms with van der Waals surface area (Å²) in [5.41, 5.74) is 0.855. The number of hydrogen-bond acceptors (Lipinski definition) is 5. The fraction of sp³-hybridized carbons (Fsp3) is 0.818. The Bertz CT molecular complexity index is 306. The van der Waals surface area contributed by atoms with E-state index >= 15 is 0 Å². The van der Waals surface area contributed by atoms with E-state index in [1.54, 1.807) is 11.8 Å². The lowest BCUT2D eigenvalue weighted by atomic mass is 9.80. The largest absolute Gasteiger partial charge is 0.466 e. The summed E-state index contributed by atoms with van der Waals surface area (Å²) in [6.45, 7) is 2.28. The van der Waals surface area contributed by atoms with E-state index in [2.05, 4.69) is 5.16 Å². The molecule has 16 heavy (non-hydrogen) atoms. The van der Waals surface area contributed by atoms with Crippen molar-refractivity contribution in [3.05, 3.63) is 0 Å². The molecular weight excluding hydrogens is 226 g/mol. The van der Waals surface area contributed by atoms with E-state index in [4.69, 9.17) is 9.94 Å². The minimum absolute atomic E-state index is 0.00741. The Balaban J connectivity index is 2.07. The monoisotopic (exact) mass is 243 g/mol. The van der Waals surface area contributed by atoms with E-state index in [-0.39, 0.29) is 17.1 Å². The highest BCUT2D eigenvalue weighted by molar-refractivity contribution is 8.00. The van der Waals surface area contributed by atoms with Gasteiger partial charge in [0.1, 0.15) is 0 Å². The summed E-state index contributed by atoms with van der Waals surface area (Å²) in [6, 6.07) is 0. The molecule has 0 aromatic rings. The van der Waals surface area contributed by atoms with Crippen LogP contribution in [0.2, 0.25) is 0 Å². The first-order valence-electron chi connectivity index (χ1n) is 5.77. The number of rotatable bonds is 2. The zero-order valence-corrected chi connectivity index (χ0v) is 10.2. The Kier molecular flexibility index (Phi) is 3.74. The van der Waals surface area contributed by atoms with Crippen molar-refractivity contribution < 1.29 is 14.7 Å². The van der Waals surface area contributed by atoms with Crippen LogP contribution in [0, 0.1) is 11.8 Å². The number of ether oxygens (including phenoxy) is 1. The van der Waals surface area contributed by atoms with Gasteiger partial charge in [0, 0.05) is 5.75 Å². The molecule has 4 nitrogen and oxygen atoms in total. The number of fused-ring (bicyclic) bond motifs is 1. The molecule has 2 fully saturated rings. The molecule has 1 saturated carbocycles. The Morgan fingerprint density at radius 1 is 1.69 bits per heavy atom. The molecule has 1 aliphatic heterocycles. The third-order valence-corrected chi connectivity index (χ3v) is 4.91. The normalized spacial score (nSPS) is 36.1. The van der Waals surface area contributed by atoms with Crippen molar-refractivity contribution in [3.63, 3.8) is 0 Å². The van der Waals surface area contributed by atoms with Crippen molar-refractivity contribution >= 4 is 23.4 Å². The van der Waals surface area contributed by atoms with Gasteiger partial charge in [-0.05, 0) is 32.1 Å². The van der Waals surface area contributed by atoms with Gasteiger partial charge in [0.25, 0.3) is 0 Å².